The summed E-state index contributed by atoms with van der Waals surface area (Å²) in [6.07, 6.45) is -0.0803. The van der Waals surface area contributed by atoms with Crippen molar-refractivity contribution in [2.45, 2.75) is 18.2 Å². The average Bonchev–Trinajstić information content (AvgIpc) is 2.60. The molecule has 0 spiro atoms. The van der Waals surface area contributed by atoms with E-state index in [1.807, 2.05) is 49.4 Å². The molecule has 0 aliphatic heterocycles. The van der Waals surface area contributed by atoms with Gasteiger partial charge in [-0.05, 0) is 47.5 Å². The first-order valence-electron chi connectivity index (χ1n) is 8.02. The van der Waals surface area contributed by atoms with Crippen LogP contribution in [0.1, 0.15) is 12.0 Å². The Kier molecular flexibility index (Phi) is 4.86. The van der Waals surface area contributed by atoms with Gasteiger partial charge in [-0.1, -0.05) is 42.5 Å². The monoisotopic (exact) mass is 353 g/mol. The smallest absolute Gasteiger partial charge is 0.225 e. The van der Waals surface area contributed by atoms with Gasteiger partial charge in [0.2, 0.25) is 5.91 Å². The summed E-state index contributed by atoms with van der Waals surface area (Å²) >= 11 is 0. The molecule has 3 aromatic rings. The predicted octanol–water partition coefficient (Wildman–Crippen LogP) is 3.95. The molecule has 0 aliphatic rings. The van der Waals surface area contributed by atoms with Crippen LogP contribution in [0.15, 0.2) is 71.6 Å². The lowest BCUT2D eigenvalue weighted by molar-refractivity contribution is -0.115. The van der Waals surface area contributed by atoms with Gasteiger partial charge in [0.1, 0.15) is 0 Å². The van der Waals surface area contributed by atoms with Gasteiger partial charge in [0, 0.05) is 12.1 Å². The van der Waals surface area contributed by atoms with Crippen LogP contribution in [0.25, 0.3) is 10.8 Å². The zero-order valence-corrected chi connectivity index (χ0v) is 14.7. The highest BCUT2D eigenvalue weighted by Crippen LogP contribution is 2.20. The molecule has 0 heterocycles. The van der Waals surface area contributed by atoms with Crippen molar-refractivity contribution in [2.24, 2.45) is 0 Å². The maximum Gasteiger partial charge on any atom is 0.225 e. The van der Waals surface area contributed by atoms with E-state index in [2.05, 4.69) is 5.32 Å². The number of hydrogen-bond acceptors (Lipinski definition) is 3. The third kappa shape index (κ3) is 4.25. The summed E-state index contributed by atoms with van der Waals surface area (Å²) in [5.41, 5.74) is 1.70. The van der Waals surface area contributed by atoms with E-state index < -0.39 is 9.84 Å². The van der Waals surface area contributed by atoms with Crippen molar-refractivity contribution in [3.63, 3.8) is 0 Å². The first kappa shape index (κ1) is 17.2. The Morgan fingerprint density at radius 2 is 1.68 bits per heavy atom. The molecule has 0 aromatic heterocycles. The van der Waals surface area contributed by atoms with Crippen LogP contribution in [0, 0.1) is 6.92 Å². The Labute approximate surface area is 147 Å². The Hall–Kier alpha value is -2.66. The lowest BCUT2D eigenvalue weighted by Crippen LogP contribution is -2.17. The molecular formula is C20H19NO3S. The van der Waals surface area contributed by atoms with Crippen molar-refractivity contribution in [2.75, 3.05) is 11.1 Å². The Morgan fingerprint density at radius 1 is 0.920 bits per heavy atom. The summed E-state index contributed by atoms with van der Waals surface area (Å²) in [4.78, 5) is 12.3. The number of fused-ring (bicyclic) bond motifs is 1. The quantitative estimate of drug-likeness (QED) is 0.755. The van der Waals surface area contributed by atoms with Gasteiger partial charge in [-0.15, -0.1) is 0 Å². The third-order valence-corrected chi connectivity index (χ3v) is 5.69. The number of aryl methyl sites for hydroxylation is 1. The number of hydrogen-bond donors (Lipinski definition) is 1. The predicted molar refractivity (Wildman–Crippen MR) is 100 cm³/mol. The molecule has 4 nitrogen and oxygen atoms in total. The van der Waals surface area contributed by atoms with Crippen molar-refractivity contribution in [3.8, 4) is 0 Å². The molecule has 3 rings (SSSR count). The second-order valence-electron chi connectivity index (χ2n) is 6.00. The summed E-state index contributed by atoms with van der Waals surface area (Å²) in [7, 11) is -3.51. The van der Waals surface area contributed by atoms with Crippen LogP contribution in [-0.2, 0) is 14.6 Å². The van der Waals surface area contributed by atoms with Crippen molar-refractivity contribution in [1.82, 2.24) is 0 Å². The molecule has 0 fully saturated rings. The lowest BCUT2D eigenvalue weighted by Gasteiger charge is -2.08. The first-order chi connectivity index (χ1) is 11.9. The third-order valence-electron chi connectivity index (χ3n) is 3.98. The van der Waals surface area contributed by atoms with E-state index in [1.165, 1.54) is 0 Å². The maximum atomic E-state index is 12.5. The summed E-state index contributed by atoms with van der Waals surface area (Å²) < 4.78 is 25.0. The first-order valence-corrected chi connectivity index (χ1v) is 9.67. The van der Waals surface area contributed by atoms with Gasteiger partial charge in [-0.3, -0.25) is 4.79 Å². The highest BCUT2D eigenvalue weighted by atomic mass is 32.2. The van der Waals surface area contributed by atoms with E-state index in [1.54, 1.807) is 24.3 Å². The number of carbonyl (C=O) groups is 1. The number of sulfone groups is 1. The molecule has 0 bridgehead atoms. The molecule has 0 saturated carbocycles. The summed E-state index contributed by atoms with van der Waals surface area (Å²) in [5.74, 6) is -0.529. The fourth-order valence-corrected chi connectivity index (χ4v) is 3.92. The van der Waals surface area contributed by atoms with E-state index in [-0.39, 0.29) is 23.0 Å². The molecule has 0 atom stereocenters. The lowest BCUT2D eigenvalue weighted by atomic mass is 10.1. The van der Waals surface area contributed by atoms with Gasteiger partial charge >= 0.3 is 0 Å². The van der Waals surface area contributed by atoms with Crippen LogP contribution in [-0.4, -0.2) is 20.1 Å². The Morgan fingerprint density at radius 3 is 2.44 bits per heavy atom. The normalized spacial score (nSPS) is 11.4. The van der Waals surface area contributed by atoms with E-state index in [4.69, 9.17) is 0 Å². The molecule has 128 valence electrons. The maximum absolute atomic E-state index is 12.5. The number of amides is 1. The topological polar surface area (TPSA) is 63.2 Å². The SMILES string of the molecule is Cc1cccc(NC(=O)CCS(=O)(=O)c2ccc3ccccc3c2)c1. The second kappa shape index (κ2) is 7.07. The van der Waals surface area contributed by atoms with Gasteiger partial charge in [-0.25, -0.2) is 8.42 Å². The van der Waals surface area contributed by atoms with Crippen LogP contribution in [0.2, 0.25) is 0 Å². The second-order valence-corrected chi connectivity index (χ2v) is 8.10. The van der Waals surface area contributed by atoms with Crippen LogP contribution < -0.4 is 5.32 Å². The van der Waals surface area contributed by atoms with Crippen molar-refractivity contribution < 1.29 is 13.2 Å². The molecule has 3 aromatic carbocycles. The molecule has 25 heavy (non-hydrogen) atoms. The Balaban J connectivity index is 1.69. The van der Waals surface area contributed by atoms with Gasteiger partial charge < -0.3 is 5.32 Å². The fraction of sp³-hybridized carbons (Fsp3) is 0.150. The molecule has 0 saturated heterocycles. The fourth-order valence-electron chi connectivity index (χ4n) is 2.65. The number of rotatable bonds is 5. The van der Waals surface area contributed by atoms with E-state index in [0.717, 1.165) is 16.3 Å². The largest absolute Gasteiger partial charge is 0.326 e. The zero-order chi connectivity index (χ0) is 17.9. The summed E-state index contributed by atoms with van der Waals surface area (Å²) in [6.45, 7) is 1.93. The van der Waals surface area contributed by atoms with E-state index in [9.17, 15) is 13.2 Å². The molecule has 1 amide bonds. The van der Waals surface area contributed by atoms with Gasteiger partial charge in [0.05, 0.1) is 10.6 Å². The van der Waals surface area contributed by atoms with E-state index >= 15 is 0 Å². The van der Waals surface area contributed by atoms with Crippen molar-refractivity contribution in [1.29, 1.82) is 0 Å². The van der Waals surface area contributed by atoms with E-state index in [0.29, 0.717) is 5.69 Å². The summed E-state index contributed by atoms with van der Waals surface area (Å²) in [6, 6.07) is 20.0. The van der Waals surface area contributed by atoms with Crippen LogP contribution in [0.3, 0.4) is 0 Å². The van der Waals surface area contributed by atoms with Crippen LogP contribution in [0.4, 0.5) is 5.69 Å². The zero-order valence-electron chi connectivity index (χ0n) is 13.9. The standard InChI is InChI=1S/C20H19NO3S/c1-15-5-4-8-18(13-15)21-20(22)11-12-25(23,24)19-10-9-16-6-2-3-7-17(16)14-19/h2-10,13-14H,11-12H2,1H3,(H,21,22). The molecule has 5 heteroatoms. The highest BCUT2D eigenvalue weighted by molar-refractivity contribution is 7.91. The van der Waals surface area contributed by atoms with Gasteiger partial charge in [-0.2, -0.15) is 0 Å². The number of nitrogens with one attached hydrogen (secondary N) is 1. The highest BCUT2D eigenvalue weighted by Gasteiger charge is 2.17. The van der Waals surface area contributed by atoms with Crippen LogP contribution in [0.5, 0.6) is 0 Å². The number of anilines is 1. The Bertz CT molecular complexity index is 1030. The number of carbonyl (C=O) groups excluding carboxylic acids is 1. The van der Waals surface area contributed by atoms with Crippen molar-refractivity contribution in [3.05, 3.63) is 72.3 Å². The minimum atomic E-state index is -3.51. The van der Waals surface area contributed by atoms with Gasteiger partial charge in [0.15, 0.2) is 9.84 Å². The summed E-state index contributed by atoms with van der Waals surface area (Å²) in [5, 5.41) is 4.59. The molecular weight excluding hydrogens is 334 g/mol. The molecule has 0 radical (unpaired) electrons. The number of benzene rings is 3. The molecule has 0 unspecified atom stereocenters. The van der Waals surface area contributed by atoms with Gasteiger partial charge in [0.25, 0.3) is 0 Å². The van der Waals surface area contributed by atoms with Crippen LogP contribution >= 0.6 is 0 Å². The average molecular weight is 353 g/mol. The molecule has 0 aliphatic carbocycles. The molecule has 1 N–H and O–H groups in total. The minimum Gasteiger partial charge on any atom is -0.326 e. The van der Waals surface area contributed by atoms with Crippen molar-refractivity contribution >= 4 is 32.2 Å². The minimum absolute atomic E-state index is 0.0803.